The van der Waals surface area contributed by atoms with E-state index in [0.717, 1.165) is 34.7 Å². The number of nitrogens with one attached hydrogen (secondary N) is 1. The van der Waals surface area contributed by atoms with Crippen LogP contribution in [0.1, 0.15) is 54.6 Å². The van der Waals surface area contributed by atoms with Crippen molar-refractivity contribution in [1.82, 2.24) is 24.9 Å². The Hall–Kier alpha value is -2.60. The lowest BCUT2D eigenvalue weighted by Crippen LogP contribution is -2.49. The molecule has 6 nitrogen and oxygen atoms in total. The Morgan fingerprint density at radius 1 is 1.06 bits per heavy atom. The minimum Gasteiger partial charge on any atom is -0.350 e. The van der Waals surface area contributed by atoms with Gasteiger partial charge in [0.15, 0.2) is 0 Å². The highest BCUT2D eigenvalue weighted by Gasteiger charge is 2.53. The maximum atomic E-state index is 13.4. The van der Waals surface area contributed by atoms with E-state index in [-0.39, 0.29) is 11.3 Å². The number of amides is 1. The molecule has 0 saturated heterocycles. The first-order valence-electron chi connectivity index (χ1n) is 11.7. The number of halogens is 1. The highest BCUT2D eigenvalue weighted by Crippen LogP contribution is 2.60. The average Bonchev–Trinajstić information content (AvgIpc) is 3.40. The summed E-state index contributed by atoms with van der Waals surface area (Å²) in [5.41, 5.74) is 2.79. The largest absolute Gasteiger partial charge is 0.350 e. The fourth-order valence-electron chi connectivity index (χ4n) is 6.89. The molecule has 1 aromatic carbocycles. The zero-order chi connectivity index (χ0) is 21.7. The molecular formula is C25H28ClN5O. The topological polar surface area (TPSA) is 64.7 Å². The fourth-order valence-corrected chi connectivity index (χ4v) is 7.04. The van der Waals surface area contributed by atoms with Gasteiger partial charge in [0.2, 0.25) is 0 Å². The molecule has 4 aliphatic carbocycles. The van der Waals surface area contributed by atoms with Crippen LogP contribution in [0.3, 0.4) is 0 Å². The molecule has 4 aliphatic rings. The van der Waals surface area contributed by atoms with Gasteiger partial charge in [-0.3, -0.25) is 9.48 Å². The molecule has 7 rings (SSSR count). The van der Waals surface area contributed by atoms with Gasteiger partial charge < -0.3 is 5.32 Å². The molecule has 0 unspecified atom stereocenters. The fraction of sp³-hybridized carbons (Fsp3) is 0.480. The SMILES string of the molecule is O=C(NCCn1cc(Cl)cn1)c1cn(-c2ccccc2)nc1C12CC3CC(CC(C3)C1)C2. The number of benzene rings is 1. The quantitative estimate of drug-likeness (QED) is 0.597. The number of rotatable bonds is 6. The Morgan fingerprint density at radius 2 is 1.75 bits per heavy atom. The molecule has 1 N–H and O–H groups in total. The molecule has 4 saturated carbocycles. The molecule has 32 heavy (non-hydrogen) atoms. The predicted molar refractivity (Wildman–Crippen MR) is 123 cm³/mol. The number of hydrogen-bond donors (Lipinski definition) is 1. The van der Waals surface area contributed by atoms with E-state index in [0.29, 0.717) is 18.1 Å². The summed E-state index contributed by atoms with van der Waals surface area (Å²) < 4.78 is 3.64. The second kappa shape index (κ2) is 7.77. The van der Waals surface area contributed by atoms with Gasteiger partial charge in [0.25, 0.3) is 5.91 Å². The zero-order valence-electron chi connectivity index (χ0n) is 18.1. The van der Waals surface area contributed by atoms with Crippen LogP contribution in [0, 0.1) is 17.8 Å². The van der Waals surface area contributed by atoms with Crippen LogP contribution in [0.5, 0.6) is 0 Å². The lowest BCUT2D eigenvalue weighted by Gasteiger charge is -2.56. The summed E-state index contributed by atoms with van der Waals surface area (Å²) in [5, 5.41) is 13.0. The second-order valence-electron chi connectivity index (χ2n) is 10.0. The first kappa shape index (κ1) is 20.0. The molecule has 0 aliphatic heterocycles. The molecule has 0 radical (unpaired) electrons. The number of nitrogens with zero attached hydrogens (tertiary/aromatic N) is 4. The van der Waals surface area contributed by atoms with Crippen molar-refractivity contribution >= 4 is 17.5 Å². The van der Waals surface area contributed by atoms with Crippen molar-refractivity contribution in [2.45, 2.75) is 50.5 Å². The van der Waals surface area contributed by atoms with Gasteiger partial charge >= 0.3 is 0 Å². The first-order chi connectivity index (χ1) is 15.6. The lowest BCUT2D eigenvalue weighted by molar-refractivity contribution is -0.00770. The number of para-hydroxylation sites is 1. The Kier molecular flexibility index (Phi) is 4.86. The van der Waals surface area contributed by atoms with Gasteiger partial charge in [0.05, 0.1) is 34.7 Å². The van der Waals surface area contributed by atoms with Gasteiger partial charge in [-0.25, -0.2) is 4.68 Å². The molecule has 3 aromatic rings. The molecule has 4 fully saturated rings. The summed E-state index contributed by atoms with van der Waals surface area (Å²) in [6.07, 6.45) is 12.9. The van der Waals surface area contributed by atoms with Crippen molar-refractivity contribution < 1.29 is 4.79 Å². The van der Waals surface area contributed by atoms with Gasteiger partial charge in [0, 0.05) is 24.4 Å². The summed E-state index contributed by atoms with van der Waals surface area (Å²) in [6, 6.07) is 10.1. The van der Waals surface area contributed by atoms with E-state index < -0.39 is 0 Å². The monoisotopic (exact) mass is 449 g/mol. The standard InChI is InChI=1S/C25H28ClN5O/c26-20-14-28-30(15-20)7-6-27-24(32)22-16-31(21-4-2-1-3-5-21)29-23(22)25-11-17-8-18(12-25)10-19(9-17)13-25/h1-5,14-19H,6-13H2,(H,27,32). The summed E-state index contributed by atoms with van der Waals surface area (Å²) in [5.74, 6) is 2.34. The predicted octanol–water partition coefficient (Wildman–Crippen LogP) is 4.62. The highest BCUT2D eigenvalue weighted by molar-refractivity contribution is 6.30. The number of hydrogen-bond acceptors (Lipinski definition) is 3. The molecule has 166 valence electrons. The van der Waals surface area contributed by atoms with Gasteiger partial charge in [-0.15, -0.1) is 0 Å². The van der Waals surface area contributed by atoms with Crippen LogP contribution in [0.15, 0.2) is 48.9 Å². The minimum atomic E-state index is -0.0452. The molecule has 0 atom stereocenters. The normalized spacial score (nSPS) is 28.2. The number of aromatic nitrogens is 4. The molecule has 2 aromatic heterocycles. The smallest absolute Gasteiger partial charge is 0.254 e. The third-order valence-corrected chi connectivity index (χ3v) is 7.94. The zero-order valence-corrected chi connectivity index (χ0v) is 18.8. The van der Waals surface area contributed by atoms with E-state index >= 15 is 0 Å². The molecule has 1 amide bonds. The van der Waals surface area contributed by atoms with E-state index in [1.165, 1.54) is 38.5 Å². The minimum absolute atomic E-state index is 0.0452. The molecule has 4 bridgehead atoms. The maximum absolute atomic E-state index is 13.4. The van der Waals surface area contributed by atoms with Crippen LogP contribution >= 0.6 is 11.6 Å². The summed E-state index contributed by atoms with van der Waals surface area (Å²) in [7, 11) is 0. The Bertz CT molecular complexity index is 1100. The number of carbonyl (C=O) groups is 1. The first-order valence-corrected chi connectivity index (χ1v) is 12.1. The Labute approximate surface area is 193 Å². The highest BCUT2D eigenvalue weighted by atomic mass is 35.5. The average molecular weight is 450 g/mol. The van der Waals surface area contributed by atoms with E-state index in [1.54, 1.807) is 17.1 Å². The van der Waals surface area contributed by atoms with Crippen molar-refractivity contribution in [3.63, 3.8) is 0 Å². The van der Waals surface area contributed by atoms with Crippen molar-refractivity contribution in [1.29, 1.82) is 0 Å². The summed E-state index contributed by atoms with van der Waals surface area (Å²) in [4.78, 5) is 13.4. The van der Waals surface area contributed by atoms with E-state index in [2.05, 4.69) is 10.4 Å². The van der Waals surface area contributed by atoms with Crippen LogP contribution in [0.2, 0.25) is 5.02 Å². The van der Waals surface area contributed by atoms with Crippen LogP contribution < -0.4 is 5.32 Å². The van der Waals surface area contributed by atoms with Crippen molar-refractivity contribution in [3.05, 3.63) is 65.2 Å². The van der Waals surface area contributed by atoms with Gasteiger partial charge in [-0.2, -0.15) is 10.2 Å². The molecule has 2 heterocycles. The summed E-state index contributed by atoms with van der Waals surface area (Å²) in [6.45, 7) is 1.08. The maximum Gasteiger partial charge on any atom is 0.254 e. The number of carbonyl (C=O) groups excluding carboxylic acids is 1. The molecular weight excluding hydrogens is 422 g/mol. The van der Waals surface area contributed by atoms with Gasteiger partial charge in [0.1, 0.15) is 0 Å². The van der Waals surface area contributed by atoms with Crippen LogP contribution in [0.4, 0.5) is 0 Å². The molecule has 0 spiro atoms. The Balaban J connectivity index is 1.31. The van der Waals surface area contributed by atoms with Crippen molar-refractivity contribution in [2.24, 2.45) is 17.8 Å². The van der Waals surface area contributed by atoms with Crippen LogP contribution in [-0.2, 0) is 12.0 Å². The lowest BCUT2D eigenvalue weighted by atomic mass is 9.48. The summed E-state index contributed by atoms with van der Waals surface area (Å²) >= 11 is 5.95. The third kappa shape index (κ3) is 3.54. The van der Waals surface area contributed by atoms with Crippen LogP contribution in [-0.4, -0.2) is 32.0 Å². The van der Waals surface area contributed by atoms with E-state index in [1.807, 2.05) is 41.2 Å². The van der Waals surface area contributed by atoms with Crippen LogP contribution in [0.25, 0.3) is 5.69 Å². The van der Waals surface area contributed by atoms with Crippen molar-refractivity contribution in [3.8, 4) is 5.69 Å². The molecule has 7 heteroatoms. The Morgan fingerprint density at radius 3 is 2.38 bits per heavy atom. The van der Waals surface area contributed by atoms with Gasteiger partial charge in [-0.05, 0) is 68.4 Å². The van der Waals surface area contributed by atoms with E-state index in [9.17, 15) is 4.79 Å². The van der Waals surface area contributed by atoms with E-state index in [4.69, 9.17) is 16.7 Å². The van der Waals surface area contributed by atoms with Crippen molar-refractivity contribution in [2.75, 3.05) is 6.54 Å². The second-order valence-corrected chi connectivity index (χ2v) is 10.5. The third-order valence-electron chi connectivity index (χ3n) is 7.75. The van der Waals surface area contributed by atoms with Gasteiger partial charge in [-0.1, -0.05) is 29.8 Å².